The van der Waals surface area contributed by atoms with Gasteiger partial charge in [0.15, 0.2) is 0 Å². The topological polar surface area (TPSA) is 49.4 Å². The standard InChI is InChI=1S/C14H24N2O2/c1-10(2)8-16-9-12(17)15-13(14(16)18)11-6-4-3-5-7-11/h10-11,13H,3-9H2,1-2H3,(H,15,17). The van der Waals surface area contributed by atoms with Gasteiger partial charge in [-0.25, -0.2) is 0 Å². The van der Waals surface area contributed by atoms with Crippen LogP contribution in [-0.4, -0.2) is 35.8 Å². The van der Waals surface area contributed by atoms with Gasteiger partial charge in [-0.1, -0.05) is 33.1 Å². The fourth-order valence-electron chi connectivity index (χ4n) is 3.11. The first kappa shape index (κ1) is 13.4. The smallest absolute Gasteiger partial charge is 0.245 e. The molecule has 0 aromatic heterocycles. The monoisotopic (exact) mass is 252 g/mol. The molecule has 18 heavy (non-hydrogen) atoms. The van der Waals surface area contributed by atoms with E-state index in [1.54, 1.807) is 4.90 Å². The van der Waals surface area contributed by atoms with Crippen molar-refractivity contribution in [3.05, 3.63) is 0 Å². The van der Waals surface area contributed by atoms with Crippen LogP contribution in [-0.2, 0) is 9.59 Å². The number of carbonyl (C=O) groups excluding carboxylic acids is 2. The number of hydrogen-bond acceptors (Lipinski definition) is 2. The maximum Gasteiger partial charge on any atom is 0.245 e. The molecule has 0 aromatic carbocycles. The third-order valence-electron chi connectivity index (χ3n) is 3.94. The summed E-state index contributed by atoms with van der Waals surface area (Å²) in [6.45, 7) is 5.08. The van der Waals surface area contributed by atoms with Crippen LogP contribution >= 0.6 is 0 Å². The van der Waals surface area contributed by atoms with Crippen LogP contribution in [0, 0.1) is 11.8 Å². The molecule has 4 nitrogen and oxygen atoms in total. The lowest BCUT2D eigenvalue weighted by atomic mass is 9.82. The molecule has 0 bridgehead atoms. The van der Waals surface area contributed by atoms with Crippen LogP contribution in [0.2, 0.25) is 0 Å². The molecule has 1 heterocycles. The lowest BCUT2D eigenvalue weighted by Gasteiger charge is -2.38. The molecule has 2 amide bonds. The van der Waals surface area contributed by atoms with E-state index in [0.29, 0.717) is 18.4 Å². The minimum Gasteiger partial charge on any atom is -0.342 e. The number of rotatable bonds is 3. The van der Waals surface area contributed by atoms with Crippen molar-refractivity contribution in [1.29, 1.82) is 0 Å². The summed E-state index contributed by atoms with van der Waals surface area (Å²) in [7, 11) is 0. The fourth-order valence-corrected chi connectivity index (χ4v) is 3.11. The molecule has 1 atom stereocenters. The molecule has 1 unspecified atom stereocenters. The van der Waals surface area contributed by atoms with Gasteiger partial charge in [-0.3, -0.25) is 9.59 Å². The number of nitrogens with one attached hydrogen (secondary N) is 1. The van der Waals surface area contributed by atoms with Crippen LogP contribution in [0.25, 0.3) is 0 Å². The van der Waals surface area contributed by atoms with E-state index in [9.17, 15) is 9.59 Å². The second-order valence-corrected chi connectivity index (χ2v) is 6.06. The summed E-state index contributed by atoms with van der Waals surface area (Å²) >= 11 is 0. The second-order valence-electron chi connectivity index (χ2n) is 6.06. The van der Waals surface area contributed by atoms with Crippen molar-refractivity contribution >= 4 is 11.8 Å². The lowest BCUT2D eigenvalue weighted by Crippen LogP contribution is -2.61. The average molecular weight is 252 g/mol. The van der Waals surface area contributed by atoms with Crippen molar-refractivity contribution in [2.24, 2.45) is 11.8 Å². The van der Waals surface area contributed by atoms with Crippen molar-refractivity contribution < 1.29 is 9.59 Å². The van der Waals surface area contributed by atoms with Crippen LogP contribution in [0.5, 0.6) is 0 Å². The van der Waals surface area contributed by atoms with E-state index in [1.807, 2.05) is 0 Å². The highest BCUT2D eigenvalue weighted by Gasteiger charge is 2.38. The summed E-state index contributed by atoms with van der Waals surface area (Å²) in [6, 6.07) is -0.259. The third-order valence-corrected chi connectivity index (χ3v) is 3.94. The van der Waals surface area contributed by atoms with Gasteiger partial charge in [0, 0.05) is 6.54 Å². The maximum atomic E-state index is 12.4. The molecule has 0 aromatic rings. The Balaban J connectivity index is 2.04. The van der Waals surface area contributed by atoms with Crippen molar-refractivity contribution in [1.82, 2.24) is 10.2 Å². The predicted molar refractivity (Wildman–Crippen MR) is 69.9 cm³/mol. The average Bonchev–Trinajstić information content (AvgIpc) is 2.34. The number of nitrogens with zero attached hydrogens (tertiary/aromatic N) is 1. The number of hydrogen-bond donors (Lipinski definition) is 1. The Labute approximate surface area is 109 Å². The van der Waals surface area contributed by atoms with Crippen molar-refractivity contribution in [2.45, 2.75) is 52.0 Å². The zero-order valence-corrected chi connectivity index (χ0v) is 11.4. The summed E-state index contributed by atoms with van der Waals surface area (Å²) in [6.07, 6.45) is 5.79. The van der Waals surface area contributed by atoms with Gasteiger partial charge < -0.3 is 10.2 Å². The number of carbonyl (C=O) groups is 2. The molecule has 1 saturated carbocycles. The summed E-state index contributed by atoms with van der Waals surface area (Å²) in [5, 5.41) is 2.91. The van der Waals surface area contributed by atoms with Gasteiger partial charge in [0.1, 0.15) is 6.04 Å². The fraction of sp³-hybridized carbons (Fsp3) is 0.857. The minimum absolute atomic E-state index is 0.00539. The van der Waals surface area contributed by atoms with Crippen molar-refractivity contribution in [3.8, 4) is 0 Å². The number of amides is 2. The van der Waals surface area contributed by atoms with E-state index in [0.717, 1.165) is 12.8 Å². The highest BCUT2D eigenvalue weighted by atomic mass is 16.2. The molecule has 1 N–H and O–H groups in total. The summed E-state index contributed by atoms with van der Waals surface area (Å²) < 4.78 is 0. The van der Waals surface area contributed by atoms with Crippen LogP contribution in [0.3, 0.4) is 0 Å². The van der Waals surface area contributed by atoms with Gasteiger partial charge in [-0.2, -0.15) is 0 Å². The first-order chi connectivity index (χ1) is 8.58. The van der Waals surface area contributed by atoms with E-state index in [2.05, 4.69) is 19.2 Å². The van der Waals surface area contributed by atoms with Crippen molar-refractivity contribution in [3.63, 3.8) is 0 Å². The molecule has 2 fully saturated rings. The largest absolute Gasteiger partial charge is 0.342 e. The Kier molecular flexibility index (Phi) is 4.25. The quantitative estimate of drug-likeness (QED) is 0.828. The van der Waals surface area contributed by atoms with E-state index in [4.69, 9.17) is 0 Å². The molecular formula is C14H24N2O2. The van der Waals surface area contributed by atoms with Crippen LogP contribution in [0.1, 0.15) is 46.0 Å². The van der Waals surface area contributed by atoms with Gasteiger partial charge in [0.2, 0.25) is 11.8 Å². The third kappa shape index (κ3) is 3.03. The molecule has 2 rings (SSSR count). The maximum absolute atomic E-state index is 12.4. The Bertz CT molecular complexity index is 322. The van der Waals surface area contributed by atoms with Gasteiger partial charge in [0.05, 0.1) is 6.54 Å². The first-order valence-electron chi connectivity index (χ1n) is 7.16. The van der Waals surface area contributed by atoms with Gasteiger partial charge in [0.25, 0.3) is 0 Å². The van der Waals surface area contributed by atoms with Crippen LogP contribution in [0.15, 0.2) is 0 Å². The Morgan fingerprint density at radius 1 is 1.22 bits per heavy atom. The zero-order chi connectivity index (χ0) is 13.1. The van der Waals surface area contributed by atoms with E-state index in [1.165, 1.54) is 19.3 Å². The van der Waals surface area contributed by atoms with Gasteiger partial charge >= 0.3 is 0 Å². The Morgan fingerprint density at radius 3 is 2.50 bits per heavy atom. The van der Waals surface area contributed by atoms with Crippen LogP contribution in [0.4, 0.5) is 0 Å². The Hall–Kier alpha value is -1.06. The molecule has 102 valence electrons. The Morgan fingerprint density at radius 2 is 1.89 bits per heavy atom. The second kappa shape index (κ2) is 5.72. The normalized spacial score (nSPS) is 26.6. The molecular weight excluding hydrogens is 228 g/mol. The highest BCUT2D eigenvalue weighted by Crippen LogP contribution is 2.28. The number of piperazine rings is 1. The minimum atomic E-state index is -0.259. The summed E-state index contributed by atoms with van der Waals surface area (Å²) in [4.78, 5) is 25.9. The van der Waals surface area contributed by atoms with Gasteiger partial charge in [-0.15, -0.1) is 0 Å². The first-order valence-corrected chi connectivity index (χ1v) is 7.16. The summed E-state index contributed by atoms with van der Waals surface area (Å²) in [5.41, 5.74) is 0. The summed E-state index contributed by atoms with van der Waals surface area (Å²) in [5.74, 6) is 0.901. The molecule has 2 aliphatic rings. The predicted octanol–water partition coefficient (Wildman–Crippen LogP) is 1.55. The van der Waals surface area contributed by atoms with Crippen molar-refractivity contribution in [2.75, 3.05) is 13.1 Å². The van der Waals surface area contributed by atoms with E-state index in [-0.39, 0.29) is 24.4 Å². The molecule has 1 aliphatic heterocycles. The van der Waals surface area contributed by atoms with E-state index < -0.39 is 0 Å². The zero-order valence-electron chi connectivity index (χ0n) is 11.4. The van der Waals surface area contributed by atoms with Crippen LogP contribution < -0.4 is 5.32 Å². The SMILES string of the molecule is CC(C)CN1CC(=O)NC(C2CCCCC2)C1=O. The molecule has 0 spiro atoms. The highest BCUT2D eigenvalue weighted by molar-refractivity contribution is 5.95. The molecule has 4 heteroatoms. The molecule has 1 aliphatic carbocycles. The lowest BCUT2D eigenvalue weighted by molar-refractivity contribution is -0.146. The van der Waals surface area contributed by atoms with E-state index >= 15 is 0 Å². The van der Waals surface area contributed by atoms with Gasteiger partial charge in [-0.05, 0) is 24.7 Å². The molecule has 0 radical (unpaired) electrons. The molecule has 1 saturated heterocycles.